The third-order valence-electron chi connectivity index (χ3n) is 4.11. The van der Waals surface area contributed by atoms with Crippen molar-refractivity contribution in [1.82, 2.24) is 4.90 Å². The molecule has 116 valence electrons. The third kappa shape index (κ3) is 4.46. The number of carbonyl (C=O) groups excluding carboxylic acids is 1. The average molecular weight is 291 g/mol. The number of benzene rings is 1. The van der Waals surface area contributed by atoms with Crippen molar-refractivity contribution < 1.29 is 14.3 Å². The van der Waals surface area contributed by atoms with E-state index in [4.69, 9.17) is 9.47 Å². The summed E-state index contributed by atoms with van der Waals surface area (Å²) >= 11 is 0. The number of aldehydes is 1. The Morgan fingerprint density at radius 2 is 2.19 bits per heavy atom. The first-order chi connectivity index (χ1) is 10.2. The van der Waals surface area contributed by atoms with E-state index < -0.39 is 0 Å². The van der Waals surface area contributed by atoms with Crippen LogP contribution in [0.3, 0.4) is 0 Å². The Bertz CT molecular complexity index is 461. The highest BCUT2D eigenvalue weighted by Gasteiger charge is 2.17. The summed E-state index contributed by atoms with van der Waals surface area (Å²) in [5, 5.41) is 0. The van der Waals surface area contributed by atoms with Gasteiger partial charge in [-0.2, -0.15) is 0 Å². The van der Waals surface area contributed by atoms with Gasteiger partial charge < -0.3 is 14.4 Å². The van der Waals surface area contributed by atoms with Crippen LogP contribution >= 0.6 is 0 Å². The Hall–Kier alpha value is -1.55. The molecule has 1 heterocycles. The maximum atomic E-state index is 10.8. The van der Waals surface area contributed by atoms with Gasteiger partial charge in [-0.1, -0.05) is 6.42 Å². The summed E-state index contributed by atoms with van der Waals surface area (Å²) in [7, 11) is 1.59. The van der Waals surface area contributed by atoms with Crippen LogP contribution < -0.4 is 9.47 Å². The minimum Gasteiger partial charge on any atom is -0.493 e. The van der Waals surface area contributed by atoms with E-state index in [0.717, 1.165) is 19.3 Å². The number of hydrogen-bond donors (Lipinski definition) is 0. The summed E-state index contributed by atoms with van der Waals surface area (Å²) in [6.45, 7) is 5.26. The monoisotopic (exact) mass is 291 g/mol. The first-order valence-electron chi connectivity index (χ1n) is 7.74. The molecule has 1 aliphatic heterocycles. The Morgan fingerprint density at radius 1 is 1.33 bits per heavy atom. The minimum atomic E-state index is 0.598. The van der Waals surface area contributed by atoms with Gasteiger partial charge in [-0.05, 0) is 50.9 Å². The van der Waals surface area contributed by atoms with Gasteiger partial charge in [-0.25, -0.2) is 0 Å². The SMILES string of the molecule is COc1cc(C=O)ccc1OCCCN1CCCC[C@@H]1C. The van der Waals surface area contributed by atoms with E-state index >= 15 is 0 Å². The quantitative estimate of drug-likeness (QED) is 0.571. The van der Waals surface area contributed by atoms with Gasteiger partial charge in [0.15, 0.2) is 11.5 Å². The summed E-state index contributed by atoms with van der Waals surface area (Å²) in [5.74, 6) is 1.32. The lowest BCUT2D eigenvalue weighted by Crippen LogP contribution is -2.38. The standard InChI is InChI=1S/C17H25NO3/c1-14-6-3-4-9-18(14)10-5-11-21-16-8-7-15(13-19)12-17(16)20-2/h7-8,12-14H,3-6,9-11H2,1-2H3/t14-/m0/s1. The second kappa shape index (κ2) is 8.03. The molecule has 1 saturated heterocycles. The van der Waals surface area contributed by atoms with E-state index in [1.807, 2.05) is 0 Å². The molecule has 0 spiro atoms. The molecular formula is C17H25NO3. The van der Waals surface area contributed by atoms with Crippen molar-refractivity contribution in [1.29, 1.82) is 0 Å². The number of ether oxygens (including phenoxy) is 2. The van der Waals surface area contributed by atoms with Crippen molar-refractivity contribution in [3.05, 3.63) is 23.8 Å². The molecule has 2 rings (SSSR count). The molecule has 1 atom stereocenters. The minimum absolute atomic E-state index is 0.598. The van der Waals surface area contributed by atoms with Crippen molar-refractivity contribution in [2.24, 2.45) is 0 Å². The Balaban J connectivity index is 1.79. The van der Waals surface area contributed by atoms with Gasteiger partial charge in [-0.3, -0.25) is 4.79 Å². The molecule has 0 saturated carbocycles. The average Bonchev–Trinajstić information content (AvgIpc) is 2.53. The maximum absolute atomic E-state index is 10.8. The molecule has 0 aromatic heterocycles. The number of piperidine rings is 1. The van der Waals surface area contributed by atoms with Crippen molar-refractivity contribution in [2.45, 2.75) is 38.6 Å². The van der Waals surface area contributed by atoms with E-state index in [2.05, 4.69) is 11.8 Å². The summed E-state index contributed by atoms with van der Waals surface area (Å²) in [4.78, 5) is 13.3. The molecule has 21 heavy (non-hydrogen) atoms. The topological polar surface area (TPSA) is 38.8 Å². The Labute approximate surface area is 127 Å². The predicted octanol–water partition coefficient (Wildman–Crippen LogP) is 3.15. The number of hydrogen-bond acceptors (Lipinski definition) is 4. The molecule has 0 aliphatic carbocycles. The van der Waals surface area contributed by atoms with Gasteiger partial charge >= 0.3 is 0 Å². The Kier molecular flexibility index (Phi) is 6.05. The third-order valence-corrected chi connectivity index (χ3v) is 4.11. The molecule has 0 amide bonds. The zero-order valence-electron chi connectivity index (χ0n) is 13.0. The summed E-state index contributed by atoms with van der Waals surface area (Å²) in [6.07, 6.45) is 5.79. The van der Waals surface area contributed by atoms with Gasteiger partial charge in [-0.15, -0.1) is 0 Å². The van der Waals surface area contributed by atoms with Gasteiger partial charge in [0, 0.05) is 18.2 Å². The van der Waals surface area contributed by atoms with E-state index in [9.17, 15) is 4.79 Å². The fourth-order valence-corrected chi connectivity index (χ4v) is 2.82. The fourth-order valence-electron chi connectivity index (χ4n) is 2.82. The second-order valence-corrected chi connectivity index (χ2v) is 5.61. The maximum Gasteiger partial charge on any atom is 0.161 e. The molecule has 0 bridgehead atoms. The van der Waals surface area contributed by atoms with Crippen molar-refractivity contribution in [2.75, 3.05) is 26.8 Å². The molecule has 4 heteroatoms. The van der Waals surface area contributed by atoms with E-state index in [0.29, 0.717) is 29.7 Å². The molecule has 4 nitrogen and oxygen atoms in total. The number of rotatable bonds is 7. The van der Waals surface area contributed by atoms with Crippen LogP contribution in [0, 0.1) is 0 Å². The van der Waals surface area contributed by atoms with Crippen LogP contribution in [0.25, 0.3) is 0 Å². The lowest BCUT2D eigenvalue weighted by molar-refractivity contribution is 0.112. The number of methoxy groups -OCH3 is 1. The molecule has 1 aromatic rings. The van der Waals surface area contributed by atoms with Crippen LogP contribution in [-0.2, 0) is 0 Å². The van der Waals surface area contributed by atoms with Crippen molar-refractivity contribution in [3.8, 4) is 11.5 Å². The molecular weight excluding hydrogens is 266 g/mol. The smallest absolute Gasteiger partial charge is 0.161 e. The second-order valence-electron chi connectivity index (χ2n) is 5.61. The fraction of sp³-hybridized carbons (Fsp3) is 0.588. The molecule has 1 fully saturated rings. The summed E-state index contributed by atoms with van der Waals surface area (Å²) in [5.41, 5.74) is 0.598. The predicted molar refractivity (Wildman–Crippen MR) is 83.4 cm³/mol. The van der Waals surface area contributed by atoms with Crippen LogP contribution in [0.15, 0.2) is 18.2 Å². The molecule has 1 aliphatic rings. The number of nitrogens with zero attached hydrogens (tertiary/aromatic N) is 1. The molecule has 0 radical (unpaired) electrons. The van der Waals surface area contributed by atoms with Crippen LogP contribution in [0.5, 0.6) is 11.5 Å². The van der Waals surface area contributed by atoms with Gasteiger partial charge in [0.2, 0.25) is 0 Å². The van der Waals surface area contributed by atoms with Crippen LogP contribution in [0.4, 0.5) is 0 Å². The lowest BCUT2D eigenvalue weighted by atomic mass is 10.0. The Morgan fingerprint density at radius 3 is 2.90 bits per heavy atom. The zero-order valence-corrected chi connectivity index (χ0v) is 13.0. The van der Waals surface area contributed by atoms with Gasteiger partial charge in [0.1, 0.15) is 6.29 Å². The number of carbonyl (C=O) groups is 1. The van der Waals surface area contributed by atoms with E-state index in [-0.39, 0.29) is 0 Å². The lowest BCUT2D eigenvalue weighted by Gasteiger charge is -2.33. The van der Waals surface area contributed by atoms with Crippen LogP contribution in [0.2, 0.25) is 0 Å². The first-order valence-corrected chi connectivity index (χ1v) is 7.74. The van der Waals surface area contributed by atoms with Gasteiger partial charge in [0.25, 0.3) is 0 Å². The molecule has 1 aromatic carbocycles. The summed E-state index contributed by atoms with van der Waals surface area (Å²) < 4.78 is 11.0. The van der Waals surface area contributed by atoms with Crippen molar-refractivity contribution in [3.63, 3.8) is 0 Å². The normalized spacial score (nSPS) is 19.2. The molecule has 0 N–H and O–H groups in total. The van der Waals surface area contributed by atoms with Crippen LogP contribution in [-0.4, -0.2) is 44.0 Å². The number of likely N-dealkylation sites (tertiary alicyclic amines) is 1. The highest BCUT2D eigenvalue weighted by atomic mass is 16.5. The highest BCUT2D eigenvalue weighted by molar-refractivity contribution is 5.76. The highest BCUT2D eigenvalue weighted by Crippen LogP contribution is 2.27. The zero-order chi connectivity index (χ0) is 15.1. The molecule has 0 unspecified atom stereocenters. The summed E-state index contributed by atoms with van der Waals surface area (Å²) in [6, 6.07) is 5.94. The van der Waals surface area contributed by atoms with Crippen molar-refractivity contribution >= 4 is 6.29 Å². The van der Waals surface area contributed by atoms with Gasteiger partial charge in [0.05, 0.1) is 13.7 Å². The largest absolute Gasteiger partial charge is 0.493 e. The van der Waals surface area contributed by atoms with Crippen LogP contribution in [0.1, 0.15) is 43.0 Å². The van der Waals surface area contributed by atoms with E-state index in [1.165, 1.54) is 25.8 Å². The van der Waals surface area contributed by atoms with E-state index in [1.54, 1.807) is 25.3 Å². The first kappa shape index (κ1) is 15.8.